The molecule has 0 bridgehead atoms. The molecule has 3 nitrogen and oxygen atoms in total. The fraction of sp³-hybridized carbons (Fsp3) is 0. The Hall–Kier alpha value is -0.690. The Labute approximate surface area is 96.4 Å². The number of H-pyrrole nitrogens is 1. The zero-order valence-corrected chi connectivity index (χ0v) is 9.56. The monoisotopic (exact) mass is 324 g/mol. The van der Waals surface area contributed by atoms with Crippen LogP contribution in [0.25, 0.3) is 10.9 Å². The standard InChI is InChI=1S/C8H3ClFIN2O/c9-3-1-4(11)7-5(6(3)10)8(14)13-2-12-7/h1-2H,(H,12,13,14). The summed E-state index contributed by atoms with van der Waals surface area (Å²) in [4.78, 5) is 17.5. The molecule has 14 heavy (non-hydrogen) atoms. The Morgan fingerprint density at radius 3 is 3.00 bits per heavy atom. The zero-order valence-electron chi connectivity index (χ0n) is 6.64. The summed E-state index contributed by atoms with van der Waals surface area (Å²) in [5, 5.41) is -0.162. The lowest BCUT2D eigenvalue weighted by atomic mass is 10.2. The topological polar surface area (TPSA) is 45.8 Å². The lowest BCUT2D eigenvalue weighted by molar-refractivity contribution is 0.638. The molecule has 0 saturated heterocycles. The summed E-state index contributed by atoms with van der Waals surface area (Å²) in [7, 11) is 0. The number of rotatable bonds is 0. The van der Waals surface area contributed by atoms with Crippen molar-refractivity contribution in [3.05, 3.63) is 37.2 Å². The van der Waals surface area contributed by atoms with E-state index in [4.69, 9.17) is 11.6 Å². The van der Waals surface area contributed by atoms with Crippen LogP contribution in [-0.4, -0.2) is 9.97 Å². The van der Waals surface area contributed by atoms with Gasteiger partial charge in [0.15, 0.2) is 5.82 Å². The van der Waals surface area contributed by atoms with Crippen molar-refractivity contribution in [2.24, 2.45) is 0 Å². The second-order valence-corrected chi connectivity index (χ2v) is 4.18. The predicted molar refractivity (Wildman–Crippen MR) is 60.0 cm³/mol. The predicted octanol–water partition coefficient (Wildman–Crippen LogP) is 2.32. The second kappa shape index (κ2) is 3.47. The maximum atomic E-state index is 13.4. The molecule has 1 heterocycles. The van der Waals surface area contributed by atoms with Crippen molar-refractivity contribution in [3.8, 4) is 0 Å². The average Bonchev–Trinajstić information content (AvgIpc) is 2.14. The van der Waals surface area contributed by atoms with Crippen LogP contribution < -0.4 is 5.56 Å². The lowest BCUT2D eigenvalue weighted by Crippen LogP contribution is -2.09. The fourth-order valence-corrected chi connectivity index (χ4v) is 2.25. The van der Waals surface area contributed by atoms with Gasteiger partial charge < -0.3 is 4.98 Å². The quantitative estimate of drug-likeness (QED) is 0.597. The molecule has 0 atom stereocenters. The van der Waals surface area contributed by atoms with Gasteiger partial charge in [0, 0.05) is 3.57 Å². The van der Waals surface area contributed by atoms with E-state index in [9.17, 15) is 9.18 Å². The zero-order chi connectivity index (χ0) is 10.3. The van der Waals surface area contributed by atoms with Crippen molar-refractivity contribution in [1.82, 2.24) is 9.97 Å². The van der Waals surface area contributed by atoms with E-state index in [0.717, 1.165) is 0 Å². The Balaban J connectivity index is 3.11. The fourth-order valence-electron chi connectivity index (χ4n) is 1.15. The molecule has 72 valence electrons. The SMILES string of the molecule is O=c1[nH]cnc2c(I)cc(Cl)c(F)c12. The third-order valence-corrected chi connectivity index (χ3v) is 2.86. The normalized spacial score (nSPS) is 10.8. The van der Waals surface area contributed by atoms with E-state index in [2.05, 4.69) is 9.97 Å². The van der Waals surface area contributed by atoms with Crippen molar-refractivity contribution in [3.63, 3.8) is 0 Å². The molecule has 1 N–H and O–H groups in total. The molecule has 1 aromatic heterocycles. The number of halogens is 3. The van der Waals surface area contributed by atoms with Crippen LogP contribution in [0.15, 0.2) is 17.2 Å². The minimum Gasteiger partial charge on any atom is -0.313 e. The molecule has 0 aliphatic heterocycles. The van der Waals surface area contributed by atoms with Gasteiger partial charge in [-0.25, -0.2) is 9.37 Å². The Bertz CT molecular complexity index is 569. The van der Waals surface area contributed by atoms with Crippen LogP contribution in [0.5, 0.6) is 0 Å². The highest BCUT2D eigenvalue weighted by atomic mass is 127. The van der Waals surface area contributed by atoms with Crippen LogP contribution in [0.1, 0.15) is 0 Å². The molecular weight excluding hydrogens is 321 g/mol. The van der Waals surface area contributed by atoms with Crippen molar-refractivity contribution in [1.29, 1.82) is 0 Å². The van der Waals surface area contributed by atoms with Gasteiger partial charge in [0.05, 0.1) is 16.9 Å². The lowest BCUT2D eigenvalue weighted by Gasteiger charge is -2.01. The highest BCUT2D eigenvalue weighted by molar-refractivity contribution is 14.1. The third-order valence-electron chi connectivity index (χ3n) is 1.76. The number of hydrogen-bond donors (Lipinski definition) is 1. The molecule has 2 aromatic rings. The molecule has 0 aliphatic rings. The minimum atomic E-state index is -0.726. The molecular formula is C8H3ClFIN2O. The number of fused-ring (bicyclic) bond motifs is 1. The Morgan fingerprint density at radius 2 is 2.29 bits per heavy atom. The molecule has 0 amide bonds. The van der Waals surface area contributed by atoms with Crippen LogP contribution in [0, 0.1) is 9.39 Å². The molecule has 0 spiro atoms. The van der Waals surface area contributed by atoms with Gasteiger partial charge in [-0.3, -0.25) is 4.79 Å². The Morgan fingerprint density at radius 1 is 1.57 bits per heavy atom. The highest BCUT2D eigenvalue weighted by Gasteiger charge is 2.13. The summed E-state index contributed by atoms with van der Waals surface area (Å²) in [5.74, 6) is -0.726. The molecule has 0 unspecified atom stereocenters. The number of aromatic amines is 1. The largest absolute Gasteiger partial charge is 0.313 e. The van der Waals surface area contributed by atoms with E-state index in [1.165, 1.54) is 12.4 Å². The summed E-state index contributed by atoms with van der Waals surface area (Å²) >= 11 is 7.56. The van der Waals surface area contributed by atoms with Crippen molar-refractivity contribution < 1.29 is 4.39 Å². The number of benzene rings is 1. The summed E-state index contributed by atoms with van der Waals surface area (Å²) in [5.41, 5.74) is -0.191. The van der Waals surface area contributed by atoms with Crippen LogP contribution >= 0.6 is 34.2 Å². The first kappa shape index (κ1) is 9.85. The van der Waals surface area contributed by atoms with Crippen LogP contribution in [0.4, 0.5) is 4.39 Å². The summed E-state index contributed by atoms with van der Waals surface area (Å²) < 4.78 is 14.1. The van der Waals surface area contributed by atoms with E-state index in [-0.39, 0.29) is 10.4 Å². The first-order valence-electron chi connectivity index (χ1n) is 3.62. The van der Waals surface area contributed by atoms with Gasteiger partial charge in [0.2, 0.25) is 0 Å². The molecule has 6 heteroatoms. The smallest absolute Gasteiger partial charge is 0.261 e. The maximum absolute atomic E-state index is 13.4. The molecule has 0 radical (unpaired) electrons. The van der Waals surface area contributed by atoms with Crippen molar-refractivity contribution >= 4 is 45.1 Å². The van der Waals surface area contributed by atoms with E-state index < -0.39 is 11.4 Å². The van der Waals surface area contributed by atoms with E-state index in [1.807, 2.05) is 22.6 Å². The van der Waals surface area contributed by atoms with Gasteiger partial charge in [-0.1, -0.05) is 11.6 Å². The molecule has 0 fully saturated rings. The molecule has 0 saturated carbocycles. The van der Waals surface area contributed by atoms with Crippen molar-refractivity contribution in [2.45, 2.75) is 0 Å². The maximum Gasteiger partial charge on any atom is 0.261 e. The number of aromatic nitrogens is 2. The molecule has 2 rings (SSSR count). The second-order valence-electron chi connectivity index (χ2n) is 2.61. The number of nitrogens with zero attached hydrogens (tertiary/aromatic N) is 1. The summed E-state index contributed by atoms with van der Waals surface area (Å²) in [6.07, 6.45) is 1.24. The van der Waals surface area contributed by atoms with E-state index in [0.29, 0.717) is 9.09 Å². The van der Waals surface area contributed by atoms with E-state index in [1.54, 1.807) is 0 Å². The Kier molecular flexibility index (Phi) is 2.44. The van der Waals surface area contributed by atoms with Crippen LogP contribution in [-0.2, 0) is 0 Å². The number of nitrogens with one attached hydrogen (secondary N) is 1. The van der Waals surface area contributed by atoms with Gasteiger partial charge in [0.25, 0.3) is 5.56 Å². The van der Waals surface area contributed by atoms with Gasteiger partial charge in [0.1, 0.15) is 5.39 Å². The molecule has 0 aliphatic carbocycles. The minimum absolute atomic E-state index is 0.0691. The first-order valence-corrected chi connectivity index (χ1v) is 5.08. The van der Waals surface area contributed by atoms with Gasteiger partial charge >= 0.3 is 0 Å². The summed E-state index contributed by atoms with van der Waals surface area (Å²) in [6.45, 7) is 0. The third kappa shape index (κ3) is 1.40. The highest BCUT2D eigenvalue weighted by Crippen LogP contribution is 2.25. The van der Waals surface area contributed by atoms with Gasteiger partial charge in [-0.15, -0.1) is 0 Å². The van der Waals surface area contributed by atoms with Crippen LogP contribution in [0.3, 0.4) is 0 Å². The van der Waals surface area contributed by atoms with E-state index >= 15 is 0 Å². The molecule has 1 aromatic carbocycles. The van der Waals surface area contributed by atoms with Crippen molar-refractivity contribution in [2.75, 3.05) is 0 Å². The van der Waals surface area contributed by atoms with Crippen LogP contribution in [0.2, 0.25) is 5.02 Å². The summed E-state index contributed by atoms with van der Waals surface area (Å²) in [6, 6.07) is 1.44. The van der Waals surface area contributed by atoms with Gasteiger partial charge in [-0.05, 0) is 28.7 Å². The first-order chi connectivity index (χ1) is 6.61. The average molecular weight is 324 g/mol. The number of hydrogen-bond acceptors (Lipinski definition) is 2. The van der Waals surface area contributed by atoms with Gasteiger partial charge in [-0.2, -0.15) is 0 Å².